The smallest absolute Gasteiger partial charge is 0.260 e. The highest BCUT2D eigenvalue weighted by Crippen LogP contribution is 2.30. The van der Waals surface area contributed by atoms with Crippen LogP contribution >= 0.6 is 23.7 Å². The van der Waals surface area contributed by atoms with E-state index < -0.39 is 0 Å². The molecule has 6 heteroatoms. The van der Waals surface area contributed by atoms with Gasteiger partial charge in [0.2, 0.25) is 0 Å². The lowest BCUT2D eigenvalue weighted by Gasteiger charge is -2.24. The lowest BCUT2D eigenvalue weighted by molar-refractivity contribution is 0.0984. The van der Waals surface area contributed by atoms with Gasteiger partial charge in [-0.25, -0.2) is 4.98 Å². The number of rotatable bonds is 7. The molecule has 2 aromatic carbocycles. The number of aryl methyl sites for hydroxylation is 1. The van der Waals surface area contributed by atoms with Crippen LogP contribution < -0.4 is 4.90 Å². The van der Waals surface area contributed by atoms with Gasteiger partial charge in [-0.2, -0.15) is 0 Å². The van der Waals surface area contributed by atoms with Crippen LogP contribution in [-0.2, 0) is 0 Å². The Morgan fingerprint density at radius 1 is 1.04 bits per heavy atom. The van der Waals surface area contributed by atoms with Gasteiger partial charge in [0.15, 0.2) is 5.13 Å². The fraction of sp³-hybridized carbons (Fsp3) is 0.333. The second-order valence-corrected chi connectivity index (χ2v) is 7.33. The van der Waals surface area contributed by atoms with E-state index in [1.807, 2.05) is 41.3 Å². The summed E-state index contributed by atoms with van der Waals surface area (Å²) in [5.74, 6) is 0.00790. The minimum Gasteiger partial charge on any atom is -0.302 e. The summed E-state index contributed by atoms with van der Waals surface area (Å²) < 4.78 is 1.12. The number of thiazole rings is 1. The molecule has 27 heavy (non-hydrogen) atoms. The predicted molar refractivity (Wildman–Crippen MR) is 118 cm³/mol. The van der Waals surface area contributed by atoms with Crippen molar-refractivity contribution in [3.63, 3.8) is 0 Å². The van der Waals surface area contributed by atoms with Crippen molar-refractivity contribution in [2.75, 3.05) is 31.1 Å². The molecule has 0 aliphatic heterocycles. The number of likely N-dealkylation sites (N-methyl/N-ethyl adjacent to an activating group) is 1. The van der Waals surface area contributed by atoms with E-state index >= 15 is 0 Å². The van der Waals surface area contributed by atoms with Gasteiger partial charge in [-0.15, -0.1) is 12.4 Å². The van der Waals surface area contributed by atoms with Crippen LogP contribution in [0, 0.1) is 6.92 Å². The van der Waals surface area contributed by atoms with E-state index in [1.54, 1.807) is 11.3 Å². The van der Waals surface area contributed by atoms with E-state index in [9.17, 15) is 4.79 Å². The molecule has 3 rings (SSSR count). The highest BCUT2D eigenvalue weighted by Gasteiger charge is 2.21. The van der Waals surface area contributed by atoms with Gasteiger partial charge >= 0.3 is 0 Å². The van der Waals surface area contributed by atoms with Crippen molar-refractivity contribution in [1.29, 1.82) is 0 Å². The SMILES string of the molecule is CCN(CC)CCN(C(=O)c1ccccc1)c1nc2ccc(C)cc2s1.Cl. The average molecular weight is 404 g/mol. The summed E-state index contributed by atoms with van der Waals surface area (Å²) in [5, 5.41) is 0.770. The van der Waals surface area contributed by atoms with Crippen molar-refractivity contribution in [1.82, 2.24) is 9.88 Å². The maximum atomic E-state index is 13.2. The minimum absolute atomic E-state index is 0. The first kappa shape index (κ1) is 21.4. The Kier molecular flexibility index (Phi) is 7.78. The standard InChI is InChI=1S/C21H25N3OS.ClH/c1-4-23(5-2)13-14-24(20(25)17-9-7-6-8-10-17)21-22-18-12-11-16(3)15-19(18)26-21;/h6-12,15H,4-5,13-14H2,1-3H3;1H. The third-order valence-corrected chi connectivity index (χ3v) is 5.60. The molecule has 0 unspecified atom stereocenters. The number of amides is 1. The topological polar surface area (TPSA) is 36.4 Å². The monoisotopic (exact) mass is 403 g/mol. The van der Waals surface area contributed by atoms with Crippen LogP contribution in [0.25, 0.3) is 10.2 Å². The molecule has 0 aliphatic carbocycles. The molecule has 0 aliphatic rings. The number of carbonyl (C=O) groups is 1. The number of nitrogens with zero attached hydrogens (tertiary/aromatic N) is 3. The Balaban J connectivity index is 0.00000261. The Hall–Kier alpha value is -1.95. The summed E-state index contributed by atoms with van der Waals surface area (Å²) in [6.07, 6.45) is 0. The van der Waals surface area contributed by atoms with Gasteiger partial charge in [0.05, 0.1) is 10.2 Å². The van der Waals surface area contributed by atoms with Crippen molar-refractivity contribution in [3.05, 3.63) is 59.7 Å². The van der Waals surface area contributed by atoms with Gasteiger partial charge in [-0.3, -0.25) is 9.69 Å². The minimum atomic E-state index is 0. The molecule has 0 saturated heterocycles. The molecule has 0 fully saturated rings. The van der Waals surface area contributed by atoms with Crippen LogP contribution in [0.5, 0.6) is 0 Å². The summed E-state index contributed by atoms with van der Waals surface area (Å²) in [6, 6.07) is 15.7. The van der Waals surface area contributed by atoms with Gasteiger partial charge in [-0.05, 0) is 49.8 Å². The molecule has 3 aromatic rings. The molecule has 1 heterocycles. The Morgan fingerprint density at radius 3 is 2.41 bits per heavy atom. The van der Waals surface area contributed by atoms with Gasteiger partial charge in [0.25, 0.3) is 5.91 Å². The Bertz CT molecular complexity index is 878. The molecule has 1 aromatic heterocycles. The number of carbonyl (C=O) groups excluding carboxylic acids is 1. The zero-order valence-corrected chi connectivity index (χ0v) is 17.6. The largest absolute Gasteiger partial charge is 0.302 e. The summed E-state index contributed by atoms with van der Waals surface area (Å²) >= 11 is 1.58. The molecular formula is C21H26ClN3OS. The third kappa shape index (κ3) is 5.06. The molecule has 0 saturated carbocycles. The van der Waals surface area contributed by atoms with Crippen LogP contribution in [0.15, 0.2) is 48.5 Å². The molecular weight excluding hydrogens is 378 g/mol. The van der Waals surface area contributed by atoms with Gasteiger partial charge < -0.3 is 4.90 Å². The number of hydrogen-bond donors (Lipinski definition) is 0. The summed E-state index contributed by atoms with van der Waals surface area (Å²) in [5.41, 5.74) is 2.85. The van der Waals surface area contributed by atoms with Crippen LogP contribution in [0.3, 0.4) is 0 Å². The maximum absolute atomic E-state index is 13.2. The molecule has 0 N–H and O–H groups in total. The third-order valence-electron chi connectivity index (χ3n) is 4.56. The normalized spacial score (nSPS) is 10.8. The molecule has 144 valence electrons. The highest BCUT2D eigenvalue weighted by atomic mass is 35.5. The van der Waals surface area contributed by atoms with Crippen LogP contribution in [0.4, 0.5) is 5.13 Å². The summed E-state index contributed by atoms with van der Waals surface area (Å²) in [4.78, 5) is 22.0. The summed E-state index contributed by atoms with van der Waals surface area (Å²) in [6.45, 7) is 9.79. The summed E-state index contributed by atoms with van der Waals surface area (Å²) in [7, 11) is 0. The van der Waals surface area contributed by atoms with Crippen LogP contribution in [-0.4, -0.2) is 42.0 Å². The van der Waals surface area contributed by atoms with Crippen molar-refractivity contribution in [2.24, 2.45) is 0 Å². The van der Waals surface area contributed by atoms with E-state index in [4.69, 9.17) is 4.98 Å². The molecule has 4 nitrogen and oxygen atoms in total. The number of aromatic nitrogens is 1. The lowest BCUT2D eigenvalue weighted by Crippen LogP contribution is -2.38. The van der Waals surface area contributed by atoms with E-state index in [0.717, 1.165) is 35.0 Å². The molecule has 0 bridgehead atoms. The van der Waals surface area contributed by atoms with Gasteiger partial charge in [0, 0.05) is 18.7 Å². The van der Waals surface area contributed by atoms with E-state index in [0.29, 0.717) is 12.1 Å². The molecule has 0 atom stereocenters. The second-order valence-electron chi connectivity index (χ2n) is 6.32. The lowest BCUT2D eigenvalue weighted by atomic mass is 10.2. The number of fused-ring (bicyclic) bond motifs is 1. The fourth-order valence-corrected chi connectivity index (χ4v) is 4.03. The van der Waals surface area contributed by atoms with Crippen molar-refractivity contribution in [3.8, 4) is 0 Å². The highest BCUT2D eigenvalue weighted by molar-refractivity contribution is 7.22. The Labute approximate surface area is 171 Å². The van der Waals surface area contributed by atoms with Gasteiger partial charge in [-0.1, -0.05) is 49.4 Å². The van der Waals surface area contributed by atoms with Crippen molar-refractivity contribution < 1.29 is 4.79 Å². The van der Waals surface area contributed by atoms with Crippen LogP contribution in [0.1, 0.15) is 29.8 Å². The van der Waals surface area contributed by atoms with Crippen molar-refractivity contribution in [2.45, 2.75) is 20.8 Å². The first-order valence-electron chi connectivity index (χ1n) is 9.08. The predicted octanol–water partition coefficient (Wildman–Crippen LogP) is 5.02. The van der Waals surface area contributed by atoms with E-state index in [1.165, 1.54) is 5.56 Å². The number of halogens is 1. The number of hydrogen-bond acceptors (Lipinski definition) is 4. The number of anilines is 1. The zero-order chi connectivity index (χ0) is 18.5. The van der Waals surface area contributed by atoms with Gasteiger partial charge in [0.1, 0.15) is 0 Å². The fourth-order valence-electron chi connectivity index (χ4n) is 2.94. The average Bonchev–Trinajstić information content (AvgIpc) is 3.08. The van der Waals surface area contributed by atoms with E-state index in [-0.39, 0.29) is 18.3 Å². The molecule has 0 spiro atoms. The van der Waals surface area contributed by atoms with Crippen molar-refractivity contribution >= 4 is 45.0 Å². The quantitative estimate of drug-likeness (QED) is 0.556. The second kappa shape index (κ2) is 9.83. The first-order valence-corrected chi connectivity index (χ1v) is 9.90. The van der Waals surface area contributed by atoms with E-state index in [2.05, 4.69) is 37.8 Å². The molecule has 0 radical (unpaired) electrons. The van der Waals surface area contributed by atoms with Crippen LogP contribution in [0.2, 0.25) is 0 Å². The maximum Gasteiger partial charge on any atom is 0.260 e. The zero-order valence-electron chi connectivity index (χ0n) is 16.0. The molecule has 1 amide bonds. The first-order chi connectivity index (χ1) is 12.6. The Morgan fingerprint density at radius 2 is 1.74 bits per heavy atom. The number of benzene rings is 2.